The highest BCUT2D eigenvalue weighted by atomic mass is 35.5. The molecule has 2 N–H and O–H groups in total. The van der Waals surface area contributed by atoms with Crippen molar-refractivity contribution < 1.29 is 14.8 Å². The van der Waals surface area contributed by atoms with Crippen molar-refractivity contribution in [2.75, 3.05) is 6.54 Å². The van der Waals surface area contributed by atoms with Crippen molar-refractivity contribution in [3.8, 4) is 0 Å². The van der Waals surface area contributed by atoms with Crippen molar-refractivity contribution >= 4 is 23.2 Å². The van der Waals surface area contributed by atoms with Gasteiger partial charge in [0.05, 0.1) is 21.6 Å². The summed E-state index contributed by atoms with van der Waals surface area (Å²) in [6.45, 7) is 0.475. The molecule has 1 aromatic rings. The molecule has 0 unspecified atom stereocenters. The third kappa shape index (κ3) is 3.21. The summed E-state index contributed by atoms with van der Waals surface area (Å²) in [5.74, 6) is -0.0722. The fourth-order valence-corrected chi connectivity index (χ4v) is 2.26. The second-order valence-electron chi connectivity index (χ2n) is 4.62. The Morgan fingerprint density at radius 1 is 1.53 bits per heavy atom. The van der Waals surface area contributed by atoms with Crippen LogP contribution in [0.1, 0.15) is 23.2 Å². The number of nitrogens with one attached hydrogen (secondary N) is 1. The Balaban J connectivity index is 1.97. The van der Waals surface area contributed by atoms with Crippen LogP contribution in [0.15, 0.2) is 18.2 Å². The number of aliphatic hydroxyl groups excluding tert-OH is 1. The van der Waals surface area contributed by atoms with E-state index in [2.05, 4.69) is 5.32 Å². The summed E-state index contributed by atoms with van der Waals surface area (Å²) in [6.07, 6.45) is 1.12. The van der Waals surface area contributed by atoms with E-state index in [-0.39, 0.29) is 34.2 Å². The maximum atomic E-state index is 11.8. The zero-order valence-electron chi connectivity index (χ0n) is 10.0. The van der Waals surface area contributed by atoms with E-state index >= 15 is 0 Å². The monoisotopic (exact) mass is 284 g/mol. The van der Waals surface area contributed by atoms with Crippen LogP contribution in [0.3, 0.4) is 0 Å². The Bertz CT molecular complexity index is 514. The molecule has 0 spiro atoms. The van der Waals surface area contributed by atoms with Crippen LogP contribution in [0.4, 0.5) is 5.69 Å². The van der Waals surface area contributed by atoms with Gasteiger partial charge in [-0.25, -0.2) is 0 Å². The minimum Gasteiger partial charge on any atom is -0.393 e. The highest BCUT2D eigenvalue weighted by molar-refractivity contribution is 6.34. The lowest BCUT2D eigenvalue weighted by Crippen LogP contribution is -2.38. The topological polar surface area (TPSA) is 92.5 Å². The molecule has 6 nitrogen and oxygen atoms in total. The standard InChI is InChI=1S/C12H13ClN2O4/c13-11-5-8(15(18)19)1-2-10(11)12(17)14-6-7-3-9(16)4-7/h1-2,5,7,9,16H,3-4,6H2,(H,14,17). The lowest BCUT2D eigenvalue weighted by atomic mass is 9.82. The van der Waals surface area contributed by atoms with Crippen molar-refractivity contribution in [3.63, 3.8) is 0 Å². The molecule has 0 bridgehead atoms. The molecule has 7 heteroatoms. The molecule has 0 aliphatic heterocycles. The molecular weight excluding hydrogens is 272 g/mol. The van der Waals surface area contributed by atoms with Gasteiger partial charge in [-0.1, -0.05) is 11.6 Å². The van der Waals surface area contributed by atoms with Crippen LogP contribution in [0.2, 0.25) is 5.02 Å². The zero-order valence-corrected chi connectivity index (χ0v) is 10.8. The predicted octanol–water partition coefficient (Wildman–Crippen LogP) is 1.75. The van der Waals surface area contributed by atoms with Crippen LogP contribution in [0, 0.1) is 16.0 Å². The molecule has 2 rings (SSSR count). The average molecular weight is 285 g/mol. The molecule has 102 valence electrons. The quantitative estimate of drug-likeness (QED) is 0.651. The Morgan fingerprint density at radius 2 is 2.21 bits per heavy atom. The molecule has 19 heavy (non-hydrogen) atoms. The van der Waals surface area contributed by atoms with Crippen molar-refractivity contribution in [1.29, 1.82) is 0 Å². The van der Waals surface area contributed by atoms with Crippen LogP contribution in [0.5, 0.6) is 0 Å². The first-order chi connectivity index (χ1) is 8.97. The van der Waals surface area contributed by atoms with Gasteiger partial charge in [0.2, 0.25) is 0 Å². The van der Waals surface area contributed by atoms with Gasteiger partial charge in [-0.2, -0.15) is 0 Å². The summed E-state index contributed by atoms with van der Waals surface area (Å²) in [4.78, 5) is 21.8. The number of nitro groups is 1. The Morgan fingerprint density at radius 3 is 2.74 bits per heavy atom. The highest BCUT2D eigenvalue weighted by Crippen LogP contribution is 2.27. The number of aliphatic hydroxyl groups is 1. The fourth-order valence-electron chi connectivity index (χ4n) is 2.00. The van der Waals surface area contributed by atoms with Crippen LogP contribution < -0.4 is 5.32 Å². The summed E-state index contributed by atoms with van der Waals surface area (Å²) < 4.78 is 0. The first kappa shape index (κ1) is 13.8. The summed E-state index contributed by atoms with van der Waals surface area (Å²) in [6, 6.07) is 3.74. The molecule has 0 radical (unpaired) electrons. The summed E-state index contributed by atoms with van der Waals surface area (Å²) in [7, 11) is 0. The van der Waals surface area contributed by atoms with E-state index < -0.39 is 4.92 Å². The molecular formula is C12H13ClN2O4. The number of nitro benzene ring substituents is 1. The first-order valence-electron chi connectivity index (χ1n) is 5.87. The number of nitrogens with zero attached hydrogens (tertiary/aromatic N) is 1. The van der Waals surface area contributed by atoms with Crippen molar-refractivity contribution in [2.24, 2.45) is 5.92 Å². The van der Waals surface area contributed by atoms with Gasteiger partial charge in [-0.05, 0) is 24.8 Å². The highest BCUT2D eigenvalue weighted by Gasteiger charge is 2.27. The second-order valence-corrected chi connectivity index (χ2v) is 5.03. The van der Waals surface area contributed by atoms with Gasteiger partial charge in [0.25, 0.3) is 11.6 Å². The van der Waals surface area contributed by atoms with E-state index in [4.69, 9.17) is 16.7 Å². The number of halogens is 1. The molecule has 0 atom stereocenters. The average Bonchev–Trinajstić information content (AvgIpc) is 2.32. The summed E-state index contributed by atoms with van der Waals surface area (Å²) in [5.41, 5.74) is 0.0656. The number of carbonyl (C=O) groups excluding carboxylic acids is 1. The summed E-state index contributed by atoms with van der Waals surface area (Å²) in [5, 5.41) is 22.4. The number of non-ortho nitro benzene ring substituents is 1. The van der Waals surface area contributed by atoms with E-state index in [1.54, 1.807) is 0 Å². The maximum absolute atomic E-state index is 11.8. The molecule has 0 aromatic heterocycles. The number of hydrogen-bond acceptors (Lipinski definition) is 4. The molecule has 1 aliphatic rings. The van der Waals surface area contributed by atoms with Crippen molar-refractivity contribution in [1.82, 2.24) is 5.32 Å². The molecule has 1 saturated carbocycles. The first-order valence-corrected chi connectivity index (χ1v) is 6.25. The largest absolute Gasteiger partial charge is 0.393 e. The van der Waals surface area contributed by atoms with Gasteiger partial charge in [-0.15, -0.1) is 0 Å². The Labute approximate surface area is 114 Å². The van der Waals surface area contributed by atoms with Crippen LogP contribution in [-0.4, -0.2) is 28.6 Å². The van der Waals surface area contributed by atoms with Gasteiger partial charge in [0.1, 0.15) is 0 Å². The number of benzene rings is 1. The zero-order chi connectivity index (χ0) is 14.0. The number of rotatable bonds is 4. The lowest BCUT2D eigenvalue weighted by Gasteiger charge is -2.31. The number of carbonyl (C=O) groups is 1. The van der Waals surface area contributed by atoms with E-state index in [1.807, 2.05) is 0 Å². The van der Waals surface area contributed by atoms with Gasteiger partial charge >= 0.3 is 0 Å². The lowest BCUT2D eigenvalue weighted by molar-refractivity contribution is -0.384. The van der Waals surface area contributed by atoms with Crippen LogP contribution in [0.25, 0.3) is 0 Å². The minimum absolute atomic E-state index is 0.0559. The Hall–Kier alpha value is -1.66. The van der Waals surface area contributed by atoms with E-state index in [0.29, 0.717) is 19.4 Å². The van der Waals surface area contributed by atoms with Crippen LogP contribution in [-0.2, 0) is 0 Å². The van der Waals surface area contributed by atoms with Crippen LogP contribution >= 0.6 is 11.6 Å². The van der Waals surface area contributed by atoms with Crippen molar-refractivity contribution in [3.05, 3.63) is 38.9 Å². The van der Waals surface area contributed by atoms with E-state index in [1.165, 1.54) is 12.1 Å². The van der Waals surface area contributed by atoms with Gasteiger partial charge in [-0.3, -0.25) is 14.9 Å². The van der Waals surface area contributed by atoms with Gasteiger partial charge in [0.15, 0.2) is 0 Å². The molecule has 0 saturated heterocycles. The Kier molecular flexibility index (Phi) is 4.01. The predicted molar refractivity (Wildman–Crippen MR) is 69.2 cm³/mol. The molecule has 1 aliphatic carbocycles. The second kappa shape index (κ2) is 5.54. The molecule has 1 amide bonds. The summed E-state index contributed by atoms with van der Waals surface area (Å²) >= 11 is 5.85. The molecule has 1 aromatic carbocycles. The van der Waals surface area contributed by atoms with Crippen molar-refractivity contribution in [2.45, 2.75) is 18.9 Å². The fraction of sp³-hybridized carbons (Fsp3) is 0.417. The normalized spacial score (nSPS) is 21.6. The van der Waals surface area contributed by atoms with Gasteiger partial charge < -0.3 is 10.4 Å². The van der Waals surface area contributed by atoms with E-state index in [9.17, 15) is 14.9 Å². The molecule has 0 heterocycles. The number of amides is 1. The number of hydrogen-bond donors (Lipinski definition) is 2. The maximum Gasteiger partial charge on any atom is 0.270 e. The SMILES string of the molecule is O=C(NCC1CC(O)C1)c1ccc([N+](=O)[O-])cc1Cl. The smallest absolute Gasteiger partial charge is 0.270 e. The van der Waals surface area contributed by atoms with Gasteiger partial charge in [0, 0.05) is 18.7 Å². The third-order valence-electron chi connectivity index (χ3n) is 3.17. The van der Waals surface area contributed by atoms with E-state index in [0.717, 1.165) is 6.07 Å². The molecule has 1 fully saturated rings. The minimum atomic E-state index is -0.566. The third-order valence-corrected chi connectivity index (χ3v) is 3.48.